The number of methoxy groups -OCH3 is 1. The summed E-state index contributed by atoms with van der Waals surface area (Å²) < 4.78 is 18.6. The van der Waals surface area contributed by atoms with E-state index in [2.05, 4.69) is 0 Å². The van der Waals surface area contributed by atoms with Crippen LogP contribution >= 0.6 is 0 Å². The molecule has 0 N–H and O–H groups in total. The van der Waals surface area contributed by atoms with Gasteiger partial charge in [-0.15, -0.1) is 0 Å². The topological polar surface area (TPSA) is 29.5 Å². The van der Waals surface area contributed by atoms with Gasteiger partial charge in [-0.05, 0) is 26.3 Å². The second-order valence-electron chi connectivity index (χ2n) is 5.28. The molecule has 0 saturated heterocycles. The first kappa shape index (κ1) is 15.5. The first-order valence-corrected chi connectivity index (χ1v) is 6.38. The summed E-state index contributed by atoms with van der Waals surface area (Å²) in [5, 5.41) is 0. The lowest BCUT2D eigenvalue weighted by Crippen LogP contribution is -2.28. The maximum absolute atomic E-state index is 13.4. The van der Waals surface area contributed by atoms with Gasteiger partial charge in [0, 0.05) is 25.6 Å². The Morgan fingerprint density at radius 2 is 2.00 bits per heavy atom. The van der Waals surface area contributed by atoms with Gasteiger partial charge in [-0.1, -0.05) is 18.2 Å². The highest BCUT2D eigenvalue weighted by Gasteiger charge is 2.19. The minimum Gasteiger partial charge on any atom is -0.496 e. The Balaban J connectivity index is 2.59. The summed E-state index contributed by atoms with van der Waals surface area (Å²) in [7, 11) is 3.33. The van der Waals surface area contributed by atoms with Crippen molar-refractivity contribution in [1.82, 2.24) is 4.90 Å². The van der Waals surface area contributed by atoms with Crippen molar-refractivity contribution in [2.45, 2.75) is 38.9 Å². The lowest BCUT2D eigenvalue weighted by Gasteiger charge is -2.20. The molecule has 0 radical (unpaired) electrons. The maximum Gasteiger partial charge on any atom is 0.222 e. The third-order valence-corrected chi connectivity index (χ3v) is 2.96. The molecule has 0 aliphatic rings. The fourth-order valence-corrected chi connectivity index (χ4v) is 1.77. The first-order chi connectivity index (χ1) is 8.83. The van der Waals surface area contributed by atoms with E-state index in [9.17, 15) is 9.18 Å². The van der Waals surface area contributed by atoms with Gasteiger partial charge in [0.05, 0.1) is 7.11 Å². The van der Waals surface area contributed by atoms with Crippen LogP contribution in [-0.2, 0) is 11.3 Å². The van der Waals surface area contributed by atoms with Gasteiger partial charge in [0.25, 0.3) is 0 Å². The number of halogens is 1. The highest BCUT2D eigenvalue weighted by molar-refractivity contribution is 5.76. The Morgan fingerprint density at radius 1 is 1.37 bits per heavy atom. The van der Waals surface area contributed by atoms with Crippen molar-refractivity contribution in [3.8, 4) is 5.75 Å². The number of hydrogen-bond donors (Lipinski definition) is 0. The highest BCUT2D eigenvalue weighted by Crippen LogP contribution is 2.20. The molecule has 0 aliphatic carbocycles. The highest BCUT2D eigenvalue weighted by atomic mass is 19.1. The van der Waals surface area contributed by atoms with E-state index >= 15 is 0 Å². The van der Waals surface area contributed by atoms with Crippen LogP contribution in [0.25, 0.3) is 0 Å². The fourth-order valence-electron chi connectivity index (χ4n) is 1.77. The zero-order chi connectivity index (χ0) is 14.5. The first-order valence-electron chi connectivity index (χ1n) is 6.38. The van der Waals surface area contributed by atoms with Crippen LogP contribution in [0.1, 0.15) is 32.3 Å². The van der Waals surface area contributed by atoms with Gasteiger partial charge in [0.15, 0.2) is 0 Å². The van der Waals surface area contributed by atoms with E-state index in [1.165, 1.54) is 13.8 Å². The molecule has 0 fully saturated rings. The quantitative estimate of drug-likeness (QED) is 0.792. The number of ether oxygens (including phenoxy) is 1. The SMILES string of the molecule is COc1ccccc1CN(C)C(=O)CCC(C)(C)F. The third-order valence-electron chi connectivity index (χ3n) is 2.96. The predicted octanol–water partition coefficient (Wildman–Crippen LogP) is 3.18. The molecular weight excluding hydrogens is 245 g/mol. The van der Waals surface area contributed by atoms with Crippen LogP contribution in [0.15, 0.2) is 24.3 Å². The van der Waals surface area contributed by atoms with Gasteiger partial charge in [0.1, 0.15) is 11.4 Å². The minimum atomic E-state index is -1.30. The monoisotopic (exact) mass is 267 g/mol. The van der Waals surface area contributed by atoms with Crippen molar-refractivity contribution in [3.63, 3.8) is 0 Å². The molecule has 1 aromatic carbocycles. The minimum absolute atomic E-state index is 0.0587. The summed E-state index contributed by atoms with van der Waals surface area (Å²) in [6, 6.07) is 7.57. The summed E-state index contributed by atoms with van der Waals surface area (Å²) >= 11 is 0. The van der Waals surface area contributed by atoms with Crippen LogP contribution in [0, 0.1) is 0 Å². The molecule has 19 heavy (non-hydrogen) atoms. The van der Waals surface area contributed by atoms with E-state index in [-0.39, 0.29) is 18.7 Å². The van der Waals surface area contributed by atoms with Crippen LogP contribution in [0.3, 0.4) is 0 Å². The van der Waals surface area contributed by atoms with Crippen molar-refractivity contribution in [1.29, 1.82) is 0 Å². The van der Waals surface area contributed by atoms with E-state index in [0.29, 0.717) is 6.54 Å². The van der Waals surface area contributed by atoms with E-state index in [1.54, 1.807) is 19.1 Å². The molecule has 1 rings (SSSR count). The number of para-hydroxylation sites is 1. The zero-order valence-corrected chi connectivity index (χ0v) is 12.1. The average molecular weight is 267 g/mol. The molecule has 106 valence electrons. The number of alkyl halides is 1. The largest absolute Gasteiger partial charge is 0.496 e. The van der Waals surface area contributed by atoms with Crippen LogP contribution in [0.4, 0.5) is 4.39 Å². The smallest absolute Gasteiger partial charge is 0.222 e. The molecule has 0 aromatic heterocycles. The van der Waals surface area contributed by atoms with Crippen molar-refractivity contribution >= 4 is 5.91 Å². The summed E-state index contributed by atoms with van der Waals surface area (Å²) in [4.78, 5) is 13.5. The molecule has 1 aromatic rings. The Labute approximate surface area is 114 Å². The van der Waals surface area contributed by atoms with Crippen molar-refractivity contribution in [3.05, 3.63) is 29.8 Å². The molecule has 0 saturated carbocycles. The van der Waals surface area contributed by atoms with Crippen molar-refractivity contribution in [2.75, 3.05) is 14.2 Å². The molecule has 0 atom stereocenters. The molecule has 0 spiro atoms. The van der Waals surface area contributed by atoms with Gasteiger partial charge >= 0.3 is 0 Å². The standard InChI is InChI=1S/C15H22FNO2/c1-15(2,16)10-9-14(18)17(3)11-12-7-5-6-8-13(12)19-4/h5-8H,9-11H2,1-4H3. The molecular formula is C15H22FNO2. The summed E-state index contributed by atoms with van der Waals surface area (Å²) in [6.07, 6.45) is 0.456. The van der Waals surface area contributed by atoms with Crippen LogP contribution in [0.2, 0.25) is 0 Å². The average Bonchev–Trinajstić information content (AvgIpc) is 2.35. The molecule has 4 heteroatoms. The molecule has 0 heterocycles. The van der Waals surface area contributed by atoms with Crippen LogP contribution < -0.4 is 4.74 Å². The number of hydrogen-bond acceptors (Lipinski definition) is 2. The Kier molecular flexibility index (Phi) is 5.33. The van der Waals surface area contributed by atoms with Crippen LogP contribution in [-0.4, -0.2) is 30.6 Å². The number of rotatable bonds is 6. The lowest BCUT2D eigenvalue weighted by atomic mass is 10.0. The number of carbonyl (C=O) groups is 1. The second kappa shape index (κ2) is 6.55. The van der Waals surface area contributed by atoms with E-state index in [4.69, 9.17) is 4.74 Å². The summed E-state index contributed by atoms with van der Waals surface area (Å²) in [5.74, 6) is 0.699. The van der Waals surface area contributed by atoms with Crippen molar-refractivity contribution in [2.24, 2.45) is 0 Å². The van der Waals surface area contributed by atoms with Gasteiger partial charge in [-0.25, -0.2) is 4.39 Å². The number of amides is 1. The van der Waals surface area contributed by atoms with Gasteiger partial charge in [-0.3, -0.25) is 4.79 Å². The fraction of sp³-hybridized carbons (Fsp3) is 0.533. The molecule has 0 bridgehead atoms. The summed E-state index contributed by atoms with van der Waals surface area (Å²) in [5.41, 5.74) is -0.360. The van der Waals surface area contributed by atoms with E-state index < -0.39 is 5.67 Å². The Morgan fingerprint density at radius 3 is 2.58 bits per heavy atom. The zero-order valence-electron chi connectivity index (χ0n) is 12.1. The molecule has 3 nitrogen and oxygen atoms in total. The Hall–Kier alpha value is -1.58. The van der Waals surface area contributed by atoms with Crippen LogP contribution in [0.5, 0.6) is 5.75 Å². The van der Waals surface area contributed by atoms with Crippen molar-refractivity contribution < 1.29 is 13.9 Å². The summed E-state index contributed by atoms with van der Waals surface area (Å²) in [6.45, 7) is 3.44. The molecule has 1 amide bonds. The number of nitrogens with zero attached hydrogens (tertiary/aromatic N) is 1. The third kappa shape index (κ3) is 5.28. The Bertz CT molecular complexity index is 426. The van der Waals surface area contributed by atoms with Gasteiger partial charge < -0.3 is 9.64 Å². The van der Waals surface area contributed by atoms with E-state index in [0.717, 1.165) is 11.3 Å². The van der Waals surface area contributed by atoms with E-state index in [1.807, 2.05) is 24.3 Å². The molecule has 0 aliphatic heterocycles. The molecule has 0 unspecified atom stereocenters. The normalized spacial score (nSPS) is 11.2. The number of benzene rings is 1. The van der Waals surface area contributed by atoms with Gasteiger partial charge in [0.2, 0.25) is 5.91 Å². The number of carbonyl (C=O) groups excluding carboxylic acids is 1. The van der Waals surface area contributed by atoms with Gasteiger partial charge in [-0.2, -0.15) is 0 Å². The lowest BCUT2D eigenvalue weighted by molar-refractivity contribution is -0.131. The second-order valence-corrected chi connectivity index (χ2v) is 5.28. The predicted molar refractivity (Wildman–Crippen MR) is 73.9 cm³/mol. The maximum atomic E-state index is 13.4.